The van der Waals surface area contributed by atoms with Crippen LogP contribution >= 0.6 is 0 Å². The quantitative estimate of drug-likeness (QED) is 0.736. The largest absolute Gasteiger partial charge is 0.420 e. The molecule has 0 aliphatic carbocycles. The van der Waals surface area contributed by atoms with E-state index in [1.54, 1.807) is 18.2 Å². The van der Waals surface area contributed by atoms with E-state index < -0.39 is 11.8 Å². The zero-order chi connectivity index (χ0) is 16.7. The van der Waals surface area contributed by atoms with E-state index in [0.717, 1.165) is 6.20 Å². The summed E-state index contributed by atoms with van der Waals surface area (Å²) in [6, 6.07) is 6.25. The van der Waals surface area contributed by atoms with Gasteiger partial charge >= 0.3 is 0 Å². The predicted octanol–water partition coefficient (Wildman–Crippen LogP) is 2.58. The standard InChI is InChI=1S/C16H13F2N5O/c1-16(8-23(9-16)13-7-19-12(18)6-20-13)15-22-21-14(24-15)10-4-2-3-5-11(10)17/h2-7H,8-9H2,1H3. The highest BCUT2D eigenvalue weighted by atomic mass is 19.1. The highest BCUT2D eigenvalue weighted by Gasteiger charge is 2.45. The van der Waals surface area contributed by atoms with E-state index in [4.69, 9.17) is 4.42 Å². The molecule has 4 rings (SSSR count). The Kier molecular flexibility index (Phi) is 3.26. The zero-order valence-electron chi connectivity index (χ0n) is 12.8. The normalized spacial score (nSPS) is 16.0. The van der Waals surface area contributed by atoms with Crippen LogP contribution in [-0.2, 0) is 5.41 Å². The van der Waals surface area contributed by atoms with Gasteiger partial charge in [0, 0.05) is 13.1 Å². The van der Waals surface area contributed by atoms with Gasteiger partial charge in [0.15, 0.2) is 0 Å². The number of rotatable bonds is 3. The summed E-state index contributed by atoms with van der Waals surface area (Å²) in [5.41, 5.74) is -0.0903. The van der Waals surface area contributed by atoms with E-state index in [2.05, 4.69) is 20.2 Å². The number of hydrogen-bond donors (Lipinski definition) is 0. The molecule has 1 aliphatic rings. The van der Waals surface area contributed by atoms with E-state index in [9.17, 15) is 8.78 Å². The van der Waals surface area contributed by atoms with Gasteiger partial charge in [-0.3, -0.25) is 0 Å². The van der Waals surface area contributed by atoms with Gasteiger partial charge in [0.05, 0.1) is 23.4 Å². The molecule has 3 aromatic rings. The van der Waals surface area contributed by atoms with Crippen molar-refractivity contribution >= 4 is 5.82 Å². The molecular weight excluding hydrogens is 316 g/mol. The molecule has 2 aromatic heterocycles. The lowest BCUT2D eigenvalue weighted by atomic mass is 9.82. The number of aromatic nitrogens is 4. The third-order valence-electron chi connectivity index (χ3n) is 4.06. The maximum absolute atomic E-state index is 13.8. The zero-order valence-corrected chi connectivity index (χ0v) is 12.8. The fourth-order valence-corrected chi connectivity index (χ4v) is 2.77. The Bertz CT molecular complexity index is 874. The van der Waals surface area contributed by atoms with E-state index in [1.807, 2.05) is 11.8 Å². The Morgan fingerprint density at radius 1 is 1.08 bits per heavy atom. The molecule has 0 radical (unpaired) electrons. The predicted molar refractivity (Wildman–Crippen MR) is 81.2 cm³/mol. The number of hydrogen-bond acceptors (Lipinski definition) is 6. The van der Waals surface area contributed by atoms with Gasteiger partial charge < -0.3 is 9.32 Å². The highest BCUT2D eigenvalue weighted by Crippen LogP contribution is 2.36. The fourth-order valence-electron chi connectivity index (χ4n) is 2.77. The molecule has 3 heterocycles. The number of nitrogens with zero attached hydrogens (tertiary/aromatic N) is 5. The molecule has 1 saturated heterocycles. The molecule has 1 fully saturated rings. The van der Waals surface area contributed by atoms with Gasteiger partial charge in [0.2, 0.25) is 11.8 Å². The molecule has 0 amide bonds. The maximum Gasteiger partial charge on any atom is 0.250 e. The van der Waals surface area contributed by atoms with Gasteiger partial charge in [-0.2, -0.15) is 4.39 Å². The Morgan fingerprint density at radius 3 is 2.58 bits per heavy atom. The monoisotopic (exact) mass is 329 g/mol. The molecular formula is C16H13F2N5O. The lowest BCUT2D eigenvalue weighted by Gasteiger charge is -2.46. The van der Waals surface area contributed by atoms with Gasteiger partial charge in [0.25, 0.3) is 5.89 Å². The van der Waals surface area contributed by atoms with E-state index in [0.29, 0.717) is 24.8 Å². The molecule has 0 bridgehead atoms. The van der Waals surface area contributed by atoms with Crippen LogP contribution in [0.4, 0.5) is 14.6 Å². The fraction of sp³-hybridized carbons (Fsp3) is 0.250. The molecule has 122 valence electrons. The summed E-state index contributed by atoms with van der Waals surface area (Å²) in [7, 11) is 0. The minimum atomic E-state index is -0.617. The van der Waals surface area contributed by atoms with Crippen molar-refractivity contribution in [3.05, 3.63) is 54.3 Å². The van der Waals surface area contributed by atoms with Crippen LogP contribution in [0.25, 0.3) is 11.5 Å². The second kappa shape index (κ2) is 5.33. The average Bonchev–Trinajstić information content (AvgIpc) is 3.03. The van der Waals surface area contributed by atoms with Crippen LogP contribution in [0.3, 0.4) is 0 Å². The molecule has 0 N–H and O–H groups in total. The summed E-state index contributed by atoms with van der Waals surface area (Å²) >= 11 is 0. The van der Waals surface area contributed by atoms with Crippen molar-refractivity contribution in [3.63, 3.8) is 0 Å². The van der Waals surface area contributed by atoms with Gasteiger partial charge in [-0.1, -0.05) is 12.1 Å². The van der Waals surface area contributed by atoms with Crippen molar-refractivity contribution in [3.8, 4) is 11.5 Å². The minimum Gasteiger partial charge on any atom is -0.420 e. The van der Waals surface area contributed by atoms with E-state index >= 15 is 0 Å². The summed E-state index contributed by atoms with van der Waals surface area (Å²) in [5, 5.41) is 8.02. The molecule has 1 aliphatic heterocycles. The molecule has 6 nitrogen and oxygen atoms in total. The maximum atomic E-state index is 13.8. The first-order valence-corrected chi connectivity index (χ1v) is 7.36. The van der Waals surface area contributed by atoms with Crippen molar-refractivity contribution in [2.75, 3.05) is 18.0 Å². The molecule has 8 heteroatoms. The van der Waals surface area contributed by atoms with Crippen molar-refractivity contribution in [2.24, 2.45) is 0 Å². The summed E-state index contributed by atoms with van der Waals surface area (Å²) in [5.74, 6) is 0.155. The first kappa shape index (κ1) is 14.7. The summed E-state index contributed by atoms with van der Waals surface area (Å²) in [6.07, 6.45) is 2.46. The topological polar surface area (TPSA) is 67.9 Å². The van der Waals surface area contributed by atoms with E-state index in [-0.39, 0.29) is 16.9 Å². The number of halogens is 2. The van der Waals surface area contributed by atoms with Crippen LogP contribution in [0, 0.1) is 11.8 Å². The Morgan fingerprint density at radius 2 is 1.88 bits per heavy atom. The van der Waals surface area contributed by atoms with Crippen molar-refractivity contribution in [1.82, 2.24) is 20.2 Å². The second-order valence-electron chi connectivity index (χ2n) is 6.01. The highest BCUT2D eigenvalue weighted by molar-refractivity contribution is 5.53. The minimum absolute atomic E-state index is 0.157. The van der Waals surface area contributed by atoms with Crippen LogP contribution in [0.1, 0.15) is 12.8 Å². The van der Waals surface area contributed by atoms with Crippen LogP contribution < -0.4 is 4.90 Å². The number of anilines is 1. The van der Waals surface area contributed by atoms with Gasteiger partial charge in [0.1, 0.15) is 11.6 Å². The molecule has 0 unspecified atom stereocenters. The van der Waals surface area contributed by atoms with Crippen LogP contribution in [-0.4, -0.2) is 33.3 Å². The van der Waals surface area contributed by atoms with Crippen molar-refractivity contribution in [1.29, 1.82) is 0 Å². The summed E-state index contributed by atoms with van der Waals surface area (Å²) < 4.78 is 32.3. The van der Waals surface area contributed by atoms with Gasteiger partial charge in [-0.25, -0.2) is 14.4 Å². The molecule has 0 spiro atoms. The van der Waals surface area contributed by atoms with E-state index in [1.165, 1.54) is 12.3 Å². The first-order chi connectivity index (χ1) is 11.5. The lowest BCUT2D eigenvalue weighted by Crippen LogP contribution is -2.58. The van der Waals surface area contributed by atoms with Gasteiger partial charge in [-0.15, -0.1) is 10.2 Å². The average molecular weight is 329 g/mol. The Labute approximate surface area is 136 Å². The molecule has 0 atom stereocenters. The van der Waals surface area contributed by atoms with Crippen molar-refractivity contribution < 1.29 is 13.2 Å². The second-order valence-corrected chi connectivity index (χ2v) is 6.01. The molecule has 0 saturated carbocycles. The molecule has 1 aromatic carbocycles. The van der Waals surface area contributed by atoms with Crippen LogP contribution in [0.2, 0.25) is 0 Å². The summed E-state index contributed by atoms with van der Waals surface area (Å²) in [6.45, 7) is 3.12. The SMILES string of the molecule is CC1(c2nnc(-c3ccccc3F)o2)CN(c2cnc(F)cn2)C1. The number of benzene rings is 1. The van der Waals surface area contributed by atoms with Crippen LogP contribution in [0.15, 0.2) is 41.1 Å². The summed E-state index contributed by atoms with van der Waals surface area (Å²) in [4.78, 5) is 9.52. The Balaban J connectivity index is 1.53. The molecule has 24 heavy (non-hydrogen) atoms. The Hall–Kier alpha value is -2.90. The lowest BCUT2D eigenvalue weighted by molar-refractivity contribution is 0.283. The third kappa shape index (κ3) is 2.40. The first-order valence-electron chi connectivity index (χ1n) is 7.36. The third-order valence-corrected chi connectivity index (χ3v) is 4.06. The smallest absolute Gasteiger partial charge is 0.250 e. The van der Waals surface area contributed by atoms with Crippen molar-refractivity contribution in [2.45, 2.75) is 12.3 Å². The van der Waals surface area contributed by atoms with Gasteiger partial charge in [-0.05, 0) is 19.1 Å². The van der Waals surface area contributed by atoms with Crippen LogP contribution in [0.5, 0.6) is 0 Å².